The van der Waals surface area contributed by atoms with Crippen LogP contribution in [0.1, 0.15) is 31.4 Å². The van der Waals surface area contributed by atoms with E-state index in [9.17, 15) is 14.9 Å². The average Bonchev–Trinajstić information content (AvgIpc) is 3.53. The minimum Gasteiger partial charge on any atom is -0.378 e. The second-order valence-electron chi connectivity index (χ2n) is 7.24. The molecule has 1 aliphatic carbocycles. The first-order valence-electron chi connectivity index (χ1n) is 9.39. The number of carbonyl (C=O) groups excluding carboxylic acids is 1. The topological polar surface area (TPSA) is 88.0 Å². The lowest BCUT2D eigenvalue weighted by molar-refractivity contribution is -0.384. The van der Waals surface area contributed by atoms with Crippen LogP contribution in [0.3, 0.4) is 0 Å². The van der Waals surface area contributed by atoms with Crippen LogP contribution >= 0.6 is 12.2 Å². The number of hydrogen-bond acceptors (Lipinski definition) is 5. The predicted molar refractivity (Wildman–Crippen MR) is 107 cm³/mol. The Morgan fingerprint density at radius 1 is 1.32 bits per heavy atom. The van der Waals surface area contributed by atoms with Gasteiger partial charge in [0.15, 0.2) is 5.11 Å². The Morgan fingerprint density at radius 3 is 2.68 bits per heavy atom. The van der Waals surface area contributed by atoms with Crippen LogP contribution in [0.15, 0.2) is 35.5 Å². The van der Waals surface area contributed by atoms with Crippen LogP contribution in [0.5, 0.6) is 0 Å². The van der Waals surface area contributed by atoms with Crippen molar-refractivity contribution in [3.05, 3.63) is 51.2 Å². The molecular formula is C19H22N4O4S. The Morgan fingerprint density at radius 2 is 2.04 bits per heavy atom. The molecule has 1 aromatic carbocycles. The van der Waals surface area contributed by atoms with Gasteiger partial charge in [-0.2, -0.15) is 0 Å². The molecule has 4 rings (SSSR count). The van der Waals surface area contributed by atoms with E-state index in [0.29, 0.717) is 48.6 Å². The van der Waals surface area contributed by atoms with Crippen LogP contribution in [-0.4, -0.2) is 58.1 Å². The summed E-state index contributed by atoms with van der Waals surface area (Å²) in [5.74, 6) is -0.0713. The molecule has 1 aromatic rings. The highest BCUT2D eigenvalue weighted by atomic mass is 32.1. The number of carbonyl (C=O) groups is 1. The van der Waals surface area contributed by atoms with Crippen molar-refractivity contribution >= 4 is 28.9 Å². The first kappa shape index (κ1) is 18.8. The number of nitrogens with zero attached hydrogens (tertiary/aromatic N) is 3. The number of nitrogens with one attached hydrogen (secondary N) is 1. The van der Waals surface area contributed by atoms with Gasteiger partial charge in [-0.1, -0.05) is 12.1 Å². The van der Waals surface area contributed by atoms with E-state index in [1.54, 1.807) is 17.0 Å². The van der Waals surface area contributed by atoms with E-state index in [1.807, 2.05) is 11.8 Å². The fourth-order valence-electron chi connectivity index (χ4n) is 3.81. The Bertz CT molecular complexity index is 861. The second kappa shape index (κ2) is 7.48. The molecule has 2 fully saturated rings. The van der Waals surface area contributed by atoms with Crippen molar-refractivity contribution in [1.29, 1.82) is 0 Å². The molecule has 1 N–H and O–H groups in total. The number of hydrogen-bond donors (Lipinski definition) is 1. The maximum Gasteiger partial charge on any atom is 0.269 e. The number of benzene rings is 1. The van der Waals surface area contributed by atoms with E-state index in [-0.39, 0.29) is 11.6 Å². The summed E-state index contributed by atoms with van der Waals surface area (Å²) >= 11 is 5.58. The van der Waals surface area contributed by atoms with Gasteiger partial charge >= 0.3 is 0 Å². The van der Waals surface area contributed by atoms with Crippen LogP contribution in [0.2, 0.25) is 0 Å². The van der Waals surface area contributed by atoms with Gasteiger partial charge in [-0.3, -0.25) is 14.9 Å². The van der Waals surface area contributed by atoms with E-state index in [1.165, 1.54) is 12.1 Å². The number of non-ortho nitro benzene ring substituents is 1. The maximum absolute atomic E-state index is 13.4. The zero-order valence-electron chi connectivity index (χ0n) is 15.6. The number of ether oxygens (including phenoxy) is 1. The summed E-state index contributed by atoms with van der Waals surface area (Å²) in [6.45, 7) is 4.01. The van der Waals surface area contributed by atoms with E-state index in [4.69, 9.17) is 17.0 Å². The largest absolute Gasteiger partial charge is 0.378 e. The van der Waals surface area contributed by atoms with Gasteiger partial charge in [0.05, 0.1) is 29.8 Å². The molecule has 2 heterocycles. The molecule has 0 bridgehead atoms. The Labute approximate surface area is 168 Å². The minimum atomic E-state index is -0.516. The zero-order chi connectivity index (χ0) is 19.8. The lowest BCUT2D eigenvalue weighted by atomic mass is 9.93. The number of allylic oxidation sites excluding steroid dienone is 1. The summed E-state index contributed by atoms with van der Waals surface area (Å²) in [4.78, 5) is 28.0. The zero-order valence-corrected chi connectivity index (χ0v) is 16.4. The van der Waals surface area contributed by atoms with Gasteiger partial charge in [0.1, 0.15) is 0 Å². The molecule has 1 atom stereocenters. The minimum absolute atomic E-state index is 0.00864. The van der Waals surface area contributed by atoms with Gasteiger partial charge in [-0.15, -0.1) is 0 Å². The van der Waals surface area contributed by atoms with E-state index < -0.39 is 11.0 Å². The molecule has 1 amide bonds. The first-order valence-corrected chi connectivity index (χ1v) is 9.80. The summed E-state index contributed by atoms with van der Waals surface area (Å²) in [6, 6.07) is 6.18. The molecule has 3 aliphatic rings. The number of nitro groups is 1. The lowest BCUT2D eigenvalue weighted by Crippen LogP contribution is -2.51. The van der Waals surface area contributed by atoms with Crippen molar-refractivity contribution in [1.82, 2.24) is 15.1 Å². The molecular weight excluding hydrogens is 380 g/mol. The van der Waals surface area contributed by atoms with Gasteiger partial charge in [0.25, 0.3) is 11.6 Å². The number of thiocarbonyl (C=S) groups is 1. The summed E-state index contributed by atoms with van der Waals surface area (Å²) in [5.41, 5.74) is 2.08. The third kappa shape index (κ3) is 3.47. The number of amides is 1. The van der Waals surface area contributed by atoms with Gasteiger partial charge in [0, 0.05) is 37.0 Å². The second-order valence-corrected chi connectivity index (χ2v) is 7.63. The molecule has 2 aliphatic heterocycles. The first-order chi connectivity index (χ1) is 13.5. The molecule has 1 saturated heterocycles. The highest BCUT2D eigenvalue weighted by Crippen LogP contribution is 2.38. The monoisotopic (exact) mass is 402 g/mol. The van der Waals surface area contributed by atoms with E-state index >= 15 is 0 Å². The van der Waals surface area contributed by atoms with Crippen LogP contribution in [0.4, 0.5) is 5.69 Å². The fourth-order valence-corrected chi connectivity index (χ4v) is 4.22. The maximum atomic E-state index is 13.4. The predicted octanol–water partition coefficient (Wildman–Crippen LogP) is 2.12. The Kier molecular flexibility index (Phi) is 5.03. The van der Waals surface area contributed by atoms with E-state index in [2.05, 4.69) is 5.32 Å². The van der Waals surface area contributed by atoms with Gasteiger partial charge in [-0.05, 0) is 37.5 Å². The molecule has 0 unspecified atom stereocenters. The third-order valence-corrected chi connectivity index (χ3v) is 5.70. The molecule has 9 heteroatoms. The van der Waals surface area contributed by atoms with Crippen molar-refractivity contribution in [2.45, 2.75) is 31.8 Å². The van der Waals surface area contributed by atoms with Crippen molar-refractivity contribution in [2.75, 3.05) is 26.3 Å². The SMILES string of the molecule is CC1=C(C(=O)N2CCOCC2)[C@H](c2cccc([N+](=O)[O-])c2)NC(=S)N1C1CC1. The Balaban J connectivity index is 1.76. The van der Waals surface area contributed by atoms with Crippen molar-refractivity contribution < 1.29 is 14.5 Å². The highest BCUT2D eigenvalue weighted by Gasteiger charge is 2.41. The number of morpholine rings is 1. The Hall–Kier alpha value is -2.52. The number of nitro benzene ring substituents is 1. The molecule has 0 radical (unpaired) electrons. The quantitative estimate of drug-likeness (QED) is 0.469. The lowest BCUT2D eigenvalue weighted by Gasteiger charge is -2.40. The van der Waals surface area contributed by atoms with Gasteiger partial charge in [-0.25, -0.2) is 0 Å². The van der Waals surface area contributed by atoms with Gasteiger partial charge in [0.2, 0.25) is 0 Å². The summed E-state index contributed by atoms with van der Waals surface area (Å²) in [5, 5.41) is 15.1. The van der Waals surface area contributed by atoms with Crippen LogP contribution in [-0.2, 0) is 9.53 Å². The normalized spacial score (nSPS) is 22.9. The summed E-state index contributed by atoms with van der Waals surface area (Å²) < 4.78 is 5.37. The molecule has 8 nitrogen and oxygen atoms in total. The molecule has 28 heavy (non-hydrogen) atoms. The fraction of sp³-hybridized carbons (Fsp3) is 0.474. The smallest absolute Gasteiger partial charge is 0.269 e. The van der Waals surface area contributed by atoms with Crippen LogP contribution in [0.25, 0.3) is 0 Å². The number of rotatable bonds is 4. The van der Waals surface area contributed by atoms with Crippen molar-refractivity contribution in [3.63, 3.8) is 0 Å². The summed E-state index contributed by atoms with van der Waals surface area (Å²) in [6.07, 6.45) is 2.08. The van der Waals surface area contributed by atoms with E-state index in [0.717, 1.165) is 18.5 Å². The highest BCUT2D eigenvalue weighted by molar-refractivity contribution is 7.80. The molecule has 148 valence electrons. The molecule has 0 spiro atoms. The molecule has 1 saturated carbocycles. The van der Waals surface area contributed by atoms with Crippen LogP contribution < -0.4 is 5.32 Å². The van der Waals surface area contributed by atoms with Gasteiger partial charge < -0.3 is 19.9 Å². The van der Waals surface area contributed by atoms with Crippen molar-refractivity contribution in [2.24, 2.45) is 0 Å². The molecule has 0 aromatic heterocycles. The van der Waals surface area contributed by atoms with Crippen LogP contribution in [0, 0.1) is 10.1 Å². The standard InChI is InChI=1S/C19H22N4O4S/c1-12-16(18(24)21-7-9-27-10-8-21)17(20-19(28)22(12)14-5-6-14)13-3-2-4-15(11-13)23(25)26/h2-4,11,14,17H,5-10H2,1H3,(H,20,28)/t17-/m0/s1. The van der Waals surface area contributed by atoms with Crippen molar-refractivity contribution in [3.8, 4) is 0 Å². The third-order valence-electron chi connectivity index (χ3n) is 5.38. The average molecular weight is 402 g/mol. The summed E-state index contributed by atoms with van der Waals surface area (Å²) in [7, 11) is 0.